The van der Waals surface area contributed by atoms with E-state index < -0.39 is 9.84 Å². The summed E-state index contributed by atoms with van der Waals surface area (Å²) in [4.78, 5) is 4.06. The van der Waals surface area contributed by atoms with Crippen LogP contribution < -0.4 is 0 Å². The van der Waals surface area contributed by atoms with Crippen LogP contribution in [-0.2, 0) is 9.84 Å². The van der Waals surface area contributed by atoms with Crippen LogP contribution in [-0.4, -0.2) is 23.2 Å². The van der Waals surface area contributed by atoms with Gasteiger partial charge in [0.15, 0.2) is 0 Å². The first kappa shape index (κ1) is 13.8. The van der Waals surface area contributed by atoms with E-state index in [1.807, 2.05) is 0 Å². The van der Waals surface area contributed by atoms with Gasteiger partial charge in [0.2, 0.25) is 9.84 Å². The number of nitrogens with zero attached hydrogens (tertiary/aromatic N) is 3. The van der Waals surface area contributed by atoms with Gasteiger partial charge in [-0.3, -0.25) is 0 Å². The fraction of sp³-hybridized carbons (Fsp3) is 0. The van der Waals surface area contributed by atoms with E-state index in [2.05, 4.69) is 10.1 Å². The second kappa shape index (κ2) is 5.31. The van der Waals surface area contributed by atoms with Crippen LogP contribution in [0.2, 0.25) is 5.02 Å². The minimum absolute atomic E-state index is 0.166. The smallest absolute Gasteiger partial charge is 0.220 e. The molecule has 0 atom stereocenters. The largest absolute Gasteiger partial charge is 0.272 e. The zero-order chi connectivity index (χ0) is 14.9. The number of hydrogen-bond donors (Lipinski definition) is 0. The Balaban J connectivity index is 2.01. The van der Waals surface area contributed by atoms with E-state index in [0.717, 1.165) is 0 Å². The van der Waals surface area contributed by atoms with Gasteiger partial charge in [0.05, 0.1) is 10.6 Å². The summed E-state index contributed by atoms with van der Waals surface area (Å²) in [5.74, 6) is 0. The Morgan fingerprint density at radius 1 is 0.952 bits per heavy atom. The van der Waals surface area contributed by atoms with Crippen LogP contribution in [0.15, 0.2) is 71.0 Å². The number of sulfone groups is 1. The molecule has 1 aromatic heterocycles. The van der Waals surface area contributed by atoms with E-state index in [0.29, 0.717) is 10.7 Å². The molecule has 1 heterocycles. The van der Waals surface area contributed by atoms with Crippen molar-refractivity contribution in [2.45, 2.75) is 10.1 Å². The maximum atomic E-state index is 12.4. The molecule has 0 fully saturated rings. The average Bonchev–Trinajstić information content (AvgIpc) is 2.99. The third kappa shape index (κ3) is 2.68. The number of halogens is 1. The van der Waals surface area contributed by atoms with Crippen LogP contribution in [0.3, 0.4) is 0 Å². The molecule has 106 valence electrons. The van der Waals surface area contributed by atoms with Crippen molar-refractivity contribution in [1.82, 2.24) is 14.8 Å². The van der Waals surface area contributed by atoms with Gasteiger partial charge in [-0.15, -0.1) is 5.10 Å². The van der Waals surface area contributed by atoms with Gasteiger partial charge in [-0.05, 0) is 36.4 Å². The maximum Gasteiger partial charge on any atom is 0.272 e. The highest BCUT2D eigenvalue weighted by molar-refractivity contribution is 7.91. The average molecular weight is 320 g/mol. The van der Waals surface area contributed by atoms with Gasteiger partial charge in [-0.1, -0.05) is 29.8 Å². The predicted octanol–water partition coefficient (Wildman–Crippen LogP) is 2.75. The third-order valence-corrected chi connectivity index (χ3v) is 4.67. The molecule has 2 aromatic carbocycles. The molecule has 0 unspecified atom stereocenters. The minimum atomic E-state index is -3.70. The zero-order valence-electron chi connectivity index (χ0n) is 10.7. The molecule has 0 spiro atoms. The number of hydrogen-bond acceptors (Lipinski definition) is 4. The lowest BCUT2D eigenvalue weighted by Gasteiger charge is -2.00. The topological polar surface area (TPSA) is 64.8 Å². The van der Waals surface area contributed by atoms with Crippen LogP contribution >= 0.6 is 11.6 Å². The Kier molecular flexibility index (Phi) is 3.48. The summed E-state index contributed by atoms with van der Waals surface area (Å²) in [6.07, 6.45) is 1.36. The summed E-state index contributed by atoms with van der Waals surface area (Å²) in [5.41, 5.74) is 0.682. The predicted molar refractivity (Wildman–Crippen MR) is 78.3 cm³/mol. The summed E-state index contributed by atoms with van der Waals surface area (Å²) < 4.78 is 26.1. The normalized spacial score (nSPS) is 11.5. The molecule has 7 heteroatoms. The standard InChI is InChI=1S/C14H10ClN3O2S/c15-11-6-8-12(9-7-11)18-10-16-14(17-18)21(19,20)13-4-2-1-3-5-13/h1-10H. The van der Waals surface area contributed by atoms with Crippen LogP contribution in [0.4, 0.5) is 0 Å². The number of rotatable bonds is 3. The van der Waals surface area contributed by atoms with E-state index in [1.165, 1.54) is 23.1 Å². The monoisotopic (exact) mass is 319 g/mol. The zero-order valence-corrected chi connectivity index (χ0v) is 12.3. The molecule has 0 bridgehead atoms. The molecule has 3 rings (SSSR count). The molecule has 0 radical (unpaired) electrons. The minimum Gasteiger partial charge on any atom is -0.220 e. The van der Waals surface area contributed by atoms with Crippen molar-refractivity contribution >= 4 is 21.4 Å². The summed E-state index contributed by atoms with van der Waals surface area (Å²) >= 11 is 5.82. The van der Waals surface area contributed by atoms with E-state index in [4.69, 9.17) is 11.6 Å². The number of benzene rings is 2. The van der Waals surface area contributed by atoms with Gasteiger partial charge < -0.3 is 0 Å². The first-order valence-electron chi connectivity index (χ1n) is 6.05. The molecule has 0 aliphatic heterocycles. The molecule has 0 aliphatic rings. The SMILES string of the molecule is O=S(=O)(c1ccccc1)c1ncn(-c2ccc(Cl)cc2)n1. The lowest BCUT2D eigenvalue weighted by atomic mass is 10.3. The second-order valence-electron chi connectivity index (χ2n) is 4.26. The lowest BCUT2D eigenvalue weighted by molar-refractivity contribution is 0.586. The molecular formula is C14H10ClN3O2S. The fourth-order valence-electron chi connectivity index (χ4n) is 1.79. The molecule has 0 saturated heterocycles. The van der Waals surface area contributed by atoms with Crippen molar-refractivity contribution < 1.29 is 8.42 Å². The molecule has 0 saturated carbocycles. The van der Waals surface area contributed by atoms with Crippen molar-refractivity contribution in [2.75, 3.05) is 0 Å². The van der Waals surface area contributed by atoms with Crippen LogP contribution in [0.25, 0.3) is 5.69 Å². The van der Waals surface area contributed by atoms with Gasteiger partial charge >= 0.3 is 0 Å². The molecule has 0 aliphatic carbocycles. The van der Waals surface area contributed by atoms with Crippen LogP contribution in [0.5, 0.6) is 0 Å². The van der Waals surface area contributed by atoms with E-state index in [-0.39, 0.29) is 10.1 Å². The fourth-order valence-corrected chi connectivity index (χ4v) is 3.03. The van der Waals surface area contributed by atoms with E-state index in [9.17, 15) is 8.42 Å². The van der Waals surface area contributed by atoms with Crippen LogP contribution in [0.1, 0.15) is 0 Å². The molecule has 21 heavy (non-hydrogen) atoms. The highest BCUT2D eigenvalue weighted by Crippen LogP contribution is 2.18. The second-order valence-corrected chi connectivity index (χ2v) is 6.54. The highest BCUT2D eigenvalue weighted by Gasteiger charge is 2.22. The van der Waals surface area contributed by atoms with Gasteiger partial charge in [0.25, 0.3) is 5.16 Å². The molecule has 5 nitrogen and oxygen atoms in total. The molecule has 0 N–H and O–H groups in total. The Morgan fingerprint density at radius 2 is 1.62 bits per heavy atom. The van der Waals surface area contributed by atoms with Gasteiger partial charge in [0, 0.05) is 5.02 Å². The van der Waals surface area contributed by atoms with E-state index >= 15 is 0 Å². The Morgan fingerprint density at radius 3 is 2.29 bits per heavy atom. The maximum absolute atomic E-state index is 12.4. The Hall–Kier alpha value is -2.18. The molecular weight excluding hydrogens is 310 g/mol. The van der Waals surface area contributed by atoms with Crippen molar-refractivity contribution in [3.8, 4) is 5.69 Å². The highest BCUT2D eigenvalue weighted by atomic mass is 35.5. The Labute approximate surface area is 126 Å². The quantitative estimate of drug-likeness (QED) is 0.744. The molecule has 3 aromatic rings. The summed E-state index contributed by atoms with van der Waals surface area (Å²) in [7, 11) is -3.70. The third-order valence-electron chi connectivity index (χ3n) is 2.86. The van der Waals surface area contributed by atoms with Crippen LogP contribution in [0, 0.1) is 0 Å². The first-order valence-corrected chi connectivity index (χ1v) is 7.91. The van der Waals surface area contributed by atoms with Gasteiger partial charge in [0.1, 0.15) is 6.33 Å². The Bertz CT molecular complexity index is 859. The van der Waals surface area contributed by atoms with Crippen molar-refractivity contribution in [3.63, 3.8) is 0 Å². The van der Waals surface area contributed by atoms with Crippen molar-refractivity contribution in [3.05, 3.63) is 65.9 Å². The first-order chi connectivity index (χ1) is 10.1. The molecule has 0 amide bonds. The van der Waals surface area contributed by atoms with Crippen molar-refractivity contribution in [2.24, 2.45) is 0 Å². The summed E-state index contributed by atoms with van der Waals surface area (Å²) in [5, 5.41) is 4.39. The van der Waals surface area contributed by atoms with Crippen molar-refractivity contribution in [1.29, 1.82) is 0 Å². The summed E-state index contributed by atoms with van der Waals surface area (Å²) in [6, 6.07) is 14.9. The number of aromatic nitrogens is 3. The van der Waals surface area contributed by atoms with Gasteiger partial charge in [-0.25, -0.2) is 18.1 Å². The lowest BCUT2D eigenvalue weighted by Crippen LogP contribution is -2.05. The van der Waals surface area contributed by atoms with E-state index in [1.54, 1.807) is 42.5 Å². The van der Waals surface area contributed by atoms with Gasteiger partial charge in [-0.2, -0.15) is 0 Å². The summed E-state index contributed by atoms with van der Waals surface area (Å²) in [6.45, 7) is 0.